The predicted octanol–water partition coefficient (Wildman–Crippen LogP) is 3.41. The summed E-state index contributed by atoms with van der Waals surface area (Å²) in [5.74, 6) is -1.37. The normalized spacial score (nSPS) is 21.6. The van der Waals surface area contributed by atoms with Crippen LogP contribution < -0.4 is 10.6 Å². The van der Waals surface area contributed by atoms with Gasteiger partial charge in [-0.1, -0.05) is 30.5 Å². The molecule has 0 heterocycles. The highest BCUT2D eigenvalue weighted by atomic mass is 35.5. The number of benzene rings is 1. The first-order chi connectivity index (χ1) is 9.97. The van der Waals surface area contributed by atoms with Crippen molar-refractivity contribution >= 4 is 29.3 Å². The molecule has 114 valence electrons. The average molecular weight is 311 g/mol. The summed E-state index contributed by atoms with van der Waals surface area (Å²) in [5.41, 5.74) is 1.51. The lowest BCUT2D eigenvalue weighted by Crippen LogP contribution is -2.46. The van der Waals surface area contributed by atoms with Gasteiger partial charge in [-0.15, -0.1) is 0 Å². The van der Waals surface area contributed by atoms with E-state index in [-0.39, 0.29) is 6.04 Å². The number of urea groups is 1. The number of aryl methyl sites for hydroxylation is 1. The zero-order valence-electron chi connectivity index (χ0n) is 11.9. The minimum atomic E-state index is -0.853. The Labute approximate surface area is 128 Å². The van der Waals surface area contributed by atoms with E-state index in [1.165, 1.54) is 0 Å². The van der Waals surface area contributed by atoms with Crippen LogP contribution in [0.2, 0.25) is 5.02 Å². The van der Waals surface area contributed by atoms with E-state index in [1.807, 2.05) is 13.0 Å². The van der Waals surface area contributed by atoms with Crippen molar-refractivity contribution in [3.63, 3.8) is 0 Å². The van der Waals surface area contributed by atoms with Crippen LogP contribution >= 0.6 is 11.6 Å². The Balaban J connectivity index is 2.00. The monoisotopic (exact) mass is 310 g/mol. The van der Waals surface area contributed by atoms with Crippen LogP contribution in [0.4, 0.5) is 10.5 Å². The van der Waals surface area contributed by atoms with E-state index in [4.69, 9.17) is 11.6 Å². The second-order valence-corrected chi connectivity index (χ2v) is 5.82. The molecule has 2 atom stereocenters. The van der Waals surface area contributed by atoms with Gasteiger partial charge in [-0.05, 0) is 37.5 Å². The Hall–Kier alpha value is -1.75. The van der Waals surface area contributed by atoms with Crippen molar-refractivity contribution in [1.82, 2.24) is 5.32 Å². The van der Waals surface area contributed by atoms with Gasteiger partial charge in [0, 0.05) is 6.04 Å². The molecule has 0 aliphatic heterocycles. The molecule has 0 aromatic heterocycles. The zero-order chi connectivity index (χ0) is 15.4. The molecule has 2 amide bonds. The molecule has 1 saturated carbocycles. The van der Waals surface area contributed by atoms with Crippen molar-refractivity contribution in [2.24, 2.45) is 5.92 Å². The Bertz CT molecular complexity index is 548. The number of carboxylic acid groups (broad SMARTS) is 1. The van der Waals surface area contributed by atoms with E-state index in [2.05, 4.69) is 10.6 Å². The Kier molecular flexibility index (Phi) is 5.07. The molecule has 0 radical (unpaired) electrons. The van der Waals surface area contributed by atoms with Gasteiger partial charge in [0.1, 0.15) is 0 Å². The van der Waals surface area contributed by atoms with Gasteiger partial charge >= 0.3 is 12.0 Å². The second-order valence-electron chi connectivity index (χ2n) is 5.42. The summed E-state index contributed by atoms with van der Waals surface area (Å²) in [6.07, 6.45) is 3.11. The van der Waals surface area contributed by atoms with E-state index in [9.17, 15) is 14.7 Å². The number of hydrogen-bond acceptors (Lipinski definition) is 2. The quantitative estimate of drug-likeness (QED) is 0.800. The van der Waals surface area contributed by atoms with Gasteiger partial charge < -0.3 is 15.7 Å². The molecule has 1 aromatic carbocycles. The van der Waals surface area contributed by atoms with Crippen LogP contribution in [-0.4, -0.2) is 23.1 Å². The SMILES string of the molecule is Cc1ccc(Cl)c(NC(=O)NC2CCCCC2C(=O)O)c1. The maximum atomic E-state index is 12.0. The lowest BCUT2D eigenvalue weighted by molar-refractivity contribution is -0.143. The number of carbonyl (C=O) groups excluding carboxylic acids is 1. The number of aliphatic carboxylic acids is 1. The maximum Gasteiger partial charge on any atom is 0.319 e. The van der Waals surface area contributed by atoms with Gasteiger partial charge in [0.05, 0.1) is 16.6 Å². The number of nitrogens with one attached hydrogen (secondary N) is 2. The van der Waals surface area contributed by atoms with Crippen molar-refractivity contribution in [1.29, 1.82) is 0 Å². The number of carbonyl (C=O) groups is 2. The molecule has 2 unspecified atom stereocenters. The maximum absolute atomic E-state index is 12.0. The molecule has 1 fully saturated rings. The highest BCUT2D eigenvalue weighted by molar-refractivity contribution is 6.33. The zero-order valence-corrected chi connectivity index (χ0v) is 12.6. The fourth-order valence-corrected chi connectivity index (χ4v) is 2.83. The first-order valence-electron chi connectivity index (χ1n) is 7.04. The van der Waals surface area contributed by atoms with Gasteiger partial charge in [-0.3, -0.25) is 4.79 Å². The number of rotatable bonds is 3. The van der Waals surface area contributed by atoms with Crippen LogP contribution in [0, 0.1) is 12.8 Å². The third-order valence-electron chi connectivity index (χ3n) is 3.77. The van der Waals surface area contributed by atoms with E-state index in [0.29, 0.717) is 23.6 Å². The smallest absolute Gasteiger partial charge is 0.319 e. The van der Waals surface area contributed by atoms with Crippen LogP contribution in [0.15, 0.2) is 18.2 Å². The fraction of sp³-hybridized carbons (Fsp3) is 0.467. The standard InChI is InChI=1S/C15H19ClN2O3/c1-9-6-7-11(16)13(8-9)18-15(21)17-12-5-3-2-4-10(12)14(19)20/h6-8,10,12H,2-5H2,1H3,(H,19,20)(H2,17,18,21). The van der Waals surface area contributed by atoms with E-state index < -0.39 is 17.9 Å². The van der Waals surface area contributed by atoms with Gasteiger partial charge in [0.25, 0.3) is 0 Å². The molecule has 1 aliphatic rings. The van der Waals surface area contributed by atoms with Gasteiger partial charge in [-0.25, -0.2) is 4.79 Å². The summed E-state index contributed by atoms with van der Waals surface area (Å²) in [7, 11) is 0. The van der Waals surface area contributed by atoms with Gasteiger partial charge in [0.15, 0.2) is 0 Å². The molecule has 6 heteroatoms. The minimum absolute atomic E-state index is 0.333. The lowest BCUT2D eigenvalue weighted by atomic mass is 9.84. The van der Waals surface area contributed by atoms with Crippen molar-refractivity contribution in [2.75, 3.05) is 5.32 Å². The van der Waals surface area contributed by atoms with Crippen LogP contribution in [-0.2, 0) is 4.79 Å². The topological polar surface area (TPSA) is 78.4 Å². The number of anilines is 1. The predicted molar refractivity (Wildman–Crippen MR) is 81.7 cm³/mol. The summed E-state index contributed by atoms with van der Waals surface area (Å²) in [6.45, 7) is 1.90. The molecule has 5 nitrogen and oxygen atoms in total. The van der Waals surface area contributed by atoms with Crippen LogP contribution in [0.1, 0.15) is 31.2 Å². The minimum Gasteiger partial charge on any atom is -0.481 e. The average Bonchev–Trinajstić information content (AvgIpc) is 2.43. The van der Waals surface area contributed by atoms with E-state index >= 15 is 0 Å². The Morgan fingerprint density at radius 2 is 2.00 bits per heavy atom. The molecular weight excluding hydrogens is 292 g/mol. The first-order valence-corrected chi connectivity index (χ1v) is 7.41. The van der Waals surface area contributed by atoms with E-state index in [0.717, 1.165) is 18.4 Å². The summed E-state index contributed by atoms with van der Waals surface area (Å²) < 4.78 is 0. The summed E-state index contributed by atoms with van der Waals surface area (Å²) in [5, 5.41) is 15.1. The Morgan fingerprint density at radius 3 is 2.71 bits per heavy atom. The lowest BCUT2D eigenvalue weighted by Gasteiger charge is -2.29. The highest BCUT2D eigenvalue weighted by Gasteiger charge is 2.31. The van der Waals surface area contributed by atoms with Crippen LogP contribution in [0.5, 0.6) is 0 Å². The van der Waals surface area contributed by atoms with Gasteiger partial charge in [-0.2, -0.15) is 0 Å². The number of halogens is 1. The highest BCUT2D eigenvalue weighted by Crippen LogP contribution is 2.26. The molecule has 0 saturated heterocycles. The van der Waals surface area contributed by atoms with Crippen LogP contribution in [0.25, 0.3) is 0 Å². The molecule has 1 aliphatic carbocycles. The van der Waals surface area contributed by atoms with Gasteiger partial charge in [0.2, 0.25) is 0 Å². The molecule has 3 N–H and O–H groups in total. The van der Waals surface area contributed by atoms with Crippen molar-refractivity contribution in [3.8, 4) is 0 Å². The largest absolute Gasteiger partial charge is 0.481 e. The second kappa shape index (κ2) is 6.80. The molecule has 0 spiro atoms. The molecule has 1 aromatic rings. The van der Waals surface area contributed by atoms with Crippen LogP contribution in [0.3, 0.4) is 0 Å². The number of amides is 2. The summed E-state index contributed by atoms with van der Waals surface area (Å²) >= 11 is 6.03. The van der Waals surface area contributed by atoms with Crippen molar-refractivity contribution < 1.29 is 14.7 Å². The molecule has 21 heavy (non-hydrogen) atoms. The van der Waals surface area contributed by atoms with Crippen molar-refractivity contribution in [2.45, 2.75) is 38.6 Å². The fourth-order valence-electron chi connectivity index (χ4n) is 2.66. The third kappa shape index (κ3) is 4.11. The third-order valence-corrected chi connectivity index (χ3v) is 4.10. The van der Waals surface area contributed by atoms with Crippen molar-refractivity contribution in [3.05, 3.63) is 28.8 Å². The van der Waals surface area contributed by atoms with E-state index in [1.54, 1.807) is 12.1 Å². The Morgan fingerprint density at radius 1 is 1.29 bits per heavy atom. The number of hydrogen-bond donors (Lipinski definition) is 3. The summed E-state index contributed by atoms with van der Waals surface area (Å²) in [4.78, 5) is 23.2. The first kappa shape index (κ1) is 15.6. The number of carboxylic acids is 1. The summed E-state index contributed by atoms with van der Waals surface area (Å²) in [6, 6.07) is 4.60. The molecular formula is C15H19ClN2O3. The molecule has 2 rings (SSSR count). The molecule has 0 bridgehead atoms.